The molecule has 0 heterocycles. The van der Waals surface area contributed by atoms with Gasteiger partial charge in [0, 0.05) is 25.4 Å². The van der Waals surface area contributed by atoms with Crippen molar-refractivity contribution in [3.63, 3.8) is 0 Å². The predicted octanol–water partition coefficient (Wildman–Crippen LogP) is 10.1. The highest BCUT2D eigenvalue weighted by Gasteiger charge is 2.39. The average molecular weight is 611 g/mol. The standard InChI is InChI=1S/C36H66O5S/c1-5-8-16-21-30(4)22-18-14-12-10-11-13-15-19-26-39-28-32(42)29-40-36(38)27-31-24-25-34(41-35(37)20-7-3)33(31)23-17-9-6-2/h9,17,30-34,42H,5-8,10-16,18-29H2,1-4H3/b17-9-. The van der Waals surface area contributed by atoms with Gasteiger partial charge in [-0.05, 0) is 50.4 Å². The minimum absolute atomic E-state index is 0.104. The molecule has 5 atom stereocenters. The molecule has 5 nitrogen and oxygen atoms in total. The molecule has 0 bridgehead atoms. The average Bonchev–Trinajstić information content (AvgIpc) is 3.33. The molecule has 0 N–H and O–H groups in total. The summed E-state index contributed by atoms with van der Waals surface area (Å²) in [4.78, 5) is 24.7. The molecule has 0 aromatic rings. The fourth-order valence-electron chi connectivity index (χ4n) is 6.08. The maximum atomic E-state index is 12.6. The smallest absolute Gasteiger partial charge is 0.306 e. The van der Waals surface area contributed by atoms with Crippen LogP contribution in [0.25, 0.3) is 0 Å². The van der Waals surface area contributed by atoms with Crippen molar-refractivity contribution in [1.82, 2.24) is 0 Å². The molecule has 0 spiro atoms. The van der Waals surface area contributed by atoms with Crippen LogP contribution in [-0.2, 0) is 23.8 Å². The predicted molar refractivity (Wildman–Crippen MR) is 179 cm³/mol. The first kappa shape index (κ1) is 39.0. The van der Waals surface area contributed by atoms with Crippen LogP contribution < -0.4 is 0 Å². The normalized spacial score (nSPS) is 20.2. The molecule has 1 aliphatic rings. The van der Waals surface area contributed by atoms with Crippen LogP contribution in [0.2, 0.25) is 0 Å². The lowest BCUT2D eigenvalue weighted by molar-refractivity contribution is -0.151. The van der Waals surface area contributed by atoms with E-state index in [1.807, 2.05) is 6.92 Å². The van der Waals surface area contributed by atoms with E-state index in [0.717, 1.165) is 51.0 Å². The minimum atomic E-state index is -0.189. The third-order valence-electron chi connectivity index (χ3n) is 8.66. The first-order valence-corrected chi connectivity index (χ1v) is 18.2. The summed E-state index contributed by atoms with van der Waals surface area (Å²) in [6.45, 7) is 10.3. The molecule has 0 saturated heterocycles. The number of carbonyl (C=O) groups is 2. The van der Waals surface area contributed by atoms with Gasteiger partial charge in [-0.1, -0.05) is 117 Å². The van der Waals surface area contributed by atoms with Crippen molar-refractivity contribution in [2.45, 2.75) is 167 Å². The summed E-state index contributed by atoms with van der Waals surface area (Å²) >= 11 is 4.56. The number of esters is 2. The summed E-state index contributed by atoms with van der Waals surface area (Å²) in [5.41, 5.74) is 0. The molecular weight excluding hydrogens is 544 g/mol. The monoisotopic (exact) mass is 610 g/mol. The molecule has 246 valence electrons. The Bertz CT molecular complexity index is 696. The van der Waals surface area contributed by atoms with Gasteiger partial charge < -0.3 is 14.2 Å². The SMILES string of the molecule is CC/C=C\CC1C(CC(=O)OCC(S)COCCCCCCCCCCC(C)CCCCC)CCC1OC(=O)CCC. The number of allylic oxidation sites excluding steroid dienone is 2. The van der Waals surface area contributed by atoms with E-state index in [2.05, 4.69) is 45.6 Å². The number of carbonyl (C=O) groups excluding carboxylic acids is 2. The van der Waals surface area contributed by atoms with Gasteiger partial charge in [-0.25, -0.2) is 0 Å². The third-order valence-corrected chi connectivity index (χ3v) is 8.96. The topological polar surface area (TPSA) is 61.8 Å². The molecule has 0 radical (unpaired) electrons. The van der Waals surface area contributed by atoms with Crippen molar-refractivity contribution in [2.24, 2.45) is 17.8 Å². The molecule has 1 fully saturated rings. The second-order valence-electron chi connectivity index (χ2n) is 12.7. The largest absolute Gasteiger partial charge is 0.464 e. The Morgan fingerprint density at radius 1 is 0.810 bits per heavy atom. The number of ether oxygens (including phenoxy) is 3. The van der Waals surface area contributed by atoms with Gasteiger partial charge in [0.1, 0.15) is 12.7 Å². The first-order valence-electron chi connectivity index (χ1n) is 17.7. The maximum Gasteiger partial charge on any atom is 0.306 e. The molecule has 0 aromatic heterocycles. The van der Waals surface area contributed by atoms with Gasteiger partial charge in [0.2, 0.25) is 0 Å². The number of thiol groups is 1. The molecule has 6 heteroatoms. The highest BCUT2D eigenvalue weighted by molar-refractivity contribution is 7.81. The lowest BCUT2D eigenvalue weighted by atomic mass is 9.88. The van der Waals surface area contributed by atoms with Crippen LogP contribution in [-0.4, -0.2) is 43.1 Å². The Labute approximate surface area is 265 Å². The van der Waals surface area contributed by atoms with Crippen LogP contribution >= 0.6 is 12.6 Å². The van der Waals surface area contributed by atoms with Crippen LogP contribution in [0.5, 0.6) is 0 Å². The Hall–Kier alpha value is -1.01. The van der Waals surface area contributed by atoms with Gasteiger partial charge in [-0.15, -0.1) is 0 Å². The van der Waals surface area contributed by atoms with E-state index in [1.165, 1.54) is 77.0 Å². The fraction of sp³-hybridized carbons (Fsp3) is 0.889. The molecule has 5 unspecified atom stereocenters. The second-order valence-corrected chi connectivity index (χ2v) is 13.5. The van der Waals surface area contributed by atoms with Crippen molar-refractivity contribution >= 4 is 24.6 Å². The van der Waals surface area contributed by atoms with Crippen molar-refractivity contribution < 1.29 is 23.8 Å². The molecule has 0 aromatic carbocycles. The van der Waals surface area contributed by atoms with Gasteiger partial charge in [-0.3, -0.25) is 9.59 Å². The Balaban J connectivity index is 2.09. The van der Waals surface area contributed by atoms with E-state index >= 15 is 0 Å². The quantitative estimate of drug-likeness (QED) is 0.0434. The Kier molecular flexibility index (Phi) is 24.5. The summed E-state index contributed by atoms with van der Waals surface area (Å²) in [5.74, 6) is 0.936. The number of unbranched alkanes of at least 4 members (excludes halogenated alkanes) is 9. The molecule has 1 rings (SSSR count). The van der Waals surface area contributed by atoms with Crippen molar-refractivity contribution in [2.75, 3.05) is 19.8 Å². The molecule has 0 aliphatic heterocycles. The van der Waals surface area contributed by atoms with E-state index in [0.29, 0.717) is 19.4 Å². The van der Waals surface area contributed by atoms with Crippen molar-refractivity contribution in [1.29, 1.82) is 0 Å². The third kappa shape index (κ3) is 20.0. The fourth-order valence-corrected chi connectivity index (χ4v) is 6.26. The number of hydrogen-bond donors (Lipinski definition) is 1. The molecule has 0 amide bonds. The van der Waals surface area contributed by atoms with Gasteiger partial charge >= 0.3 is 11.9 Å². The van der Waals surface area contributed by atoms with E-state index < -0.39 is 0 Å². The summed E-state index contributed by atoms with van der Waals surface area (Å²) in [6, 6.07) is 0. The Morgan fingerprint density at radius 3 is 2.14 bits per heavy atom. The van der Waals surface area contributed by atoms with E-state index in [1.54, 1.807) is 0 Å². The first-order chi connectivity index (χ1) is 20.4. The minimum Gasteiger partial charge on any atom is -0.464 e. The molecule has 1 saturated carbocycles. The van der Waals surface area contributed by atoms with Gasteiger partial charge in [-0.2, -0.15) is 12.6 Å². The summed E-state index contributed by atoms with van der Waals surface area (Å²) in [5, 5.41) is -0.113. The van der Waals surface area contributed by atoms with Crippen LogP contribution in [0.4, 0.5) is 0 Å². The summed E-state index contributed by atoms with van der Waals surface area (Å²) in [6.07, 6.45) is 26.7. The lowest BCUT2D eigenvalue weighted by Crippen LogP contribution is -2.27. The number of hydrogen-bond acceptors (Lipinski definition) is 6. The zero-order valence-corrected chi connectivity index (χ0v) is 28.7. The van der Waals surface area contributed by atoms with Crippen molar-refractivity contribution in [3.05, 3.63) is 12.2 Å². The van der Waals surface area contributed by atoms with E-state index in [9.17, 15) is 9.59 Å². The molecule has 1 aliphatic carbocycles. The molecular formula is C36H66O5S. The van der Waals surface area contributed by atoms with Gasteiger partial charge in [0.15, 0.2) is 0 Å². The zero-order valence-electron chi connectivity index (χ0n) is 27.8. The zero-order chi connectivity index (χ0) is 30.8. The lowest BCUT2D eigenvalue weighted by Gasteiger charge is -2.24. The summed E-state index contributed by atoms with van der Waals surface area (Å²) in [7, 11) is 0. The second kappa shape index (κ2) is 26.4. The van der Waals surface area contributed by atoms with Crippen molar-refractivity contribution in [3.8, 4) is 0 Å². The molecule has 42 heavy (non-hydrogen) atoms. The van der Waals surface area contributed by atoms with Crippen LogP contribution in [0.1, 0.15) is 156 Å². The summed E-state index contributed by atoms with van der Waals surface area (Å²) < 4.78 is 17.1. The van der Waals surface area contributed by atoms with E-state index in [-0.39, 0.29) is 41.7 Å². The van der Waals surface area contributed by atoms with Crippen LogP contribution in [0.3, 0.4) is 0 Å². The maximum absolute atomic E-state index is 12.6. The highest BCUT2D eigenvalue weighted by Crippen LogP contribution is 2.39. The number of rotatable bonds is 27. The van der Waals surface area contributed by atoms with Crippen LogP contribution in [0, 0.1) is 17.8 Å². The highest BCUT2D eigenvalue weighted by atomic mass is 32.1. The van der Waals surface area contributed by atoms with E-state index in [4.69, 9.17) is 14.2 Å². The van der Waals surface area contributed by atoms with Crippen LogP contribution in [0.15, 0.2) is 12.2 Å². The Morgan fingerprint density at radius 2 is 1.48 bits per heavy atom. The van der Waals surface area contributed by atoms with Gasteiger partial charge in [0.05, 0.1) is 11.9 Å². The van der Waals surface area contributed by atoms with Gasteiger partial charge in [0.25, 0.3) is 0 Å².